The van der Waals surface area contributed by atoms with Gasteiger partial charge in [0.05, 0.1) is 6.20 Å². The molecule has 0 amide bonds. The number of aryl methyl sites for hydroxylation is 1. The first-order chi connectivity index (χ1) is 6.68. The molecule has 1 unspecified atom stereocenters. The molecule has 78 valence electrons. The van der Waals surface area contributed by atoms with Gasteiger partial charge in [0, 0.05) is 24.3 Å². The third kappa shape index (κ3) is 1.98. The van der Waals surface area contributed by atoms with Crippen molar-refractivity contribution < 1.29 is 0 Å². The molecule has 3 heteroatoms. The lowest BCUT2D eigenvalue weighted by Crippen LogP contribution is -2.11. The summed E-state index contributed by atoms with van der Waals surface area (Å²) in [7, 11) is 1.96. The number of hydrogen-bond donors (Lipinski definition) is 1. The van der Waals surface area contributed by atoms with Crippen molar-refractivity contribution in [1.82, 2.24) is 9.78 Å². The number of hydrogen-bond acceptors (Lipinski definition) is 2. The molecule has 0 aromatic carbocycles. The largest absolute Gasteiger partial charge is 0.324 e. The van der Waals surface area contributed by atoms with Gasteiger partial charge in [-0.1, -0.05) is 12.8 Å². The van der Waals surface area contributed by atoms with Gasteiger partial charge < -0.3 is 5.73 Å². The van der Waals surface area contributed by atoms with Crippen molar-refractivity contribution >= 4 is 0 Å². The van der Waals surface area contributed by atoms with Crippen LogP contribution in [0.3, 0.4) is 0 Å². The van der Waals surface area contributed by atoms with Crippen molar-refractivity contribution in [3.05, 3.63) is 17.5 Å². The van der Waals surface area contributed by atoms with Crippen molar-refractivity contribution in [1.29, 1.82) is 0 Å². The van der Waals surface area contributed by atoms with E-state index in [-0.39, 0.29) is 6.04 Å². The molecule has 0 aliphatic heterocycles. The zero-order chi connectivity index (χ0) is 10.1. The zero-order valence-electron chi connectivity index (χ0n) is 9.03. The highest BCUT2D eigenvalue weighted by Crippen LogP contribution is 2.35. The molecule has 0 spiro atoms. The standard InChI is InChI=1S/C11H19N3/c1-8-10(7-13-14(8)2)11(12)6-5-9-3-4-9/h7,9,11H,3-6,12H2,1-2H3. The Morgan fingerprint density at radius 1 is 1.64 bits per heavy atom. The maximum absolute atomic E-state index is 6.13. The molecule has 1 aromatic rings. The van der Waals surface area contributed by atoms with E-state index in [9.17, 15) is 0 Å². The van der Waals surface area contributed by atoms with Crippen LogP contribution in [0, 0.1) is 12.8 Å². The van der Waals surface area contributed by atoms with Crippen LogP contribution in [0.1, 0.15) is 43.0 Å². The van der Waals surface area contributed by atoms with Gasteiger partial charge in [-0.15, -0.1) is 0 Å². The second kappa shape index (κ2) is 3.73. The van der Waals surface area contributed by atoms with Gasteiger partial charge in [0.2, 0.25) is 0 Å². The molecule has 1 aliphatic carbocycles. The Balaban J connectivity index is 1.95. The molecule has 14 heavy (non-hydrogen) atoms. The van der Waals surface area contributed by atoms with Crippen molar-refractivity contribution in [2.75, 3.05) is 0 Å². The fourth-order valence-corrected chi connectivity index (χ4v) is 1.86. The lowest BCUT2D eigenvalue weighted by molar-refractivity contribution is 0.572. The van der Waals surface area contributed by atoms with Crippen molar-refractivity contribution in [2.24, 2.45) is 18.7 Å². The molecule has 2 N–H and O–H groups in total. The van der Waals surface area contributed by atoms with E-state index in [1.54, 1.807) is 0 Å². The average Bonchev–Trinajstić information content (AvgIpc) is 2.92. The van der Waals surface area contributed by atoms with Gasteiger partial charge in [0.15, 0.2) is 0 Å². The third-order valence-corrected chi connectivity index (χ3v) is 3.26. The van der Waals surface area contributed by atoms with Gasteiger partial charge in [-0.2, -0.15) is 5.10 Å². The minimum Gasteiger partial charge on any atom is -0.324 e. The Bertz CT molecular complexity index is 312. The summed E-state index contributed by atoms with van der Waals surface area (Å²) in [6.45, 7) is 2.08. The van der Waals surface area contributed by atoms with Gasteiger partial charge in [0.25, 0.3) is 0 Å². The SMILES string of the molecule is Cc1c(C(N)CCC2CC2)cnn1C. The topological polar surface area (TPSA) is 43.8 Å². The fourth-order valence-electron chi connectivity index (χ4n) is 1.86. The first kappa shape index (κ1) is 9.71. The molecule has 0 saturated heterocycles. The summed E-state index contributed by atoms with van der Waals surface area (Å²) in [4.78, 5) is 0. The summed E-state index contributed by atoms with van der Waals surface area (Å²) in [6, 6.07) is 0.185. The minimum absolute atomic E-state index is 0.185. The van der Waals surface area contributed by atoms with E-state index in [1.165, 1.54) is 30.5 Å². The normalized spacial score (nSPS) is 18.5. The molecule has 1 atom stereocenters. The quantitative estimate of drug-likeness (QED) is 0.794. The highest BCUT2D eigenvalue weighted by Gasteiger charge is 2.22. The third-order valence-electron chi connectivity index (χ3n) is 3.26. The molecule has 1 aromatic heterocycles. The molecule has 0 bridgehead atoms. The first-order valence-electron chi connectivity index (χ1n) is 5.42. The Kier molecular flexibility index (Phi) is 2.59. The summed E-state index contributed by atoms with van der Waals surface area (Å²) >= 11 is 0. The highest BCUT2D eigenvalue weighted by atomic mass is 15.3. The zero-order valence-corrected chi connectivity index (χ0v) is 9.03. The number of nitrogens with zero attached hydrogens (tertiary/aromatic N) is 2. The summed E-state index contributed by atoms with van der Waals surface area (Å²) in [6.07, 6.45) is 7.14. The van der Waals surface area contributed by atoms with Crippen LogP contribution in [0.4, 0.5) is 0 Å². The van der Waals surface area contributed by atoms with Gasteiger partial charge in [0.1, 0.15) is 0 Å². The summed E-state index contributed by atoms with van der Waals surface area (Å²) < 4.78 is 1.90. The Labute approximate surface area is 85.3 Å². The van der Waals surface area contributed by atoms with Crippen LogP contribution in [0.5, 0.6) is 0 Å². The fraction of sp³-hybridized carbons (Fsp3) is 0.727. The lowest BCUT2D eigenvalue weighted by atomic mass is 10.0. The lowest BCUT2D eigenvalue weighted by Gasteiger charge is -2.10. The van der Waals surface area contributed by atoms with Gasteiger partial charge in [-0.05, 0) is 25.7 Å². The molecular weight excluding hydrogens is 174 g/mol. The summed E-state index contributed by atoms with van der Waals surface area (Å²) in [5.41, 5.74) is 8.55. The molecule has 1 heterocycles. The Hall–Kier alpha value is -0.830. The summed E-state index contributed by atoms with van der Waals surface area (Å²) in [5.74, 6) is 0.970. The smallest absolute Gasteiger partial charge is 0.0540 e. The first-order valence-corrected chi connectivity index (χ1v) is 5.42. The van der Waals surface area contributed by atoms with Crippen LogP contribution >= 0.6 is 0 Å². The second-order valence-corrected chi connectivity index (χ2v) is 4.44. The summed E-state index contributed by atoms with van der Waals surface area (Å²) in [5, 5.41) is 4.22. The van der Waals surface area contributed by atoms with E-state index >= 15 is 0 Å². The van der Waals surface area contributed by atoms with Crippen molar-refractivity contribution in [2.45, 2.75) is 38.6 Å². The van der Waals surface area contributed by atoms with Gasteiger partial charge in [-0.25, -0.2) is 0 Å². The van der Waals surface area contributed by atoms with E-state index in [0.717, 1.165) is 12.3 Å². The van der Waals surface area contributed by atoms with Crippen LogP contribution in [0.2, 0.25) is 0 Å². The van der Waals surface area contributed by atoms with E-state index < -0.39 is 0 Å². The maximum Gasteiger partial charge on any atom is 0.0540 e. The molecule has 1 fully saturated rings. The molecule has 0 radical (unpaired) electrons. The minimum atomic E-state index is 0.185. The average molecular weight is 193 g/mol. The van der Waals surface area contributed by atoms with Crippen LogP contribution in [-0.4, -0.2) is 9.78 Å². The number of nitrogens with two attached hydrogens (primary N) is 1. The van der Waals surface area contributed by atoms with Crippen molar-refractivity contribution in [3.63, 3.8) is 0 Å². The van der Waals surface area contributed by atoms with E-state index in [4.69, 9.17) is 5.73 Å². The van der Waals surface area contributed by atoms with Crippen LogP contribution < -0.4 is 5.73 Å². The Morgan fingerprint density at radius 3 is 2.86 bits per heavy atom. The van der Waals surface area contributed by atoms with Crippen LogP contribution in [0.15, 0.2) is 6.20 Å². The monoisotopic (exact) mass is 193 g/mol. The molecular formula is C11H19N3. The molecule has 2 rings (SSSR count). The van der Waals surface area contributed by atoms with Crippen LogP contribution in [-0.2, 0) is 7.05 Å². The predicted octanol–water partition coefficient (Wildman–Crippen LogP) is 1.92. The second-order valence-electron chi connectivity index (χ2n) is 4.44. The highest BCUT2D eigenvalue weighted by molar-refractivity contribution is 5.19. The predicted molar refractivity (Wildman–Crippen MR) is 56.8 cm³/mol. The van der Waals surface area contributed by atoms with E-state index in [0.29, 0.717) is 0 Å². The number of aromatic nitrogens is 2. The maximum atomic E-state index is 6.13. The van der Waals surface area contributed by atoms with Crippen LogP contribution in [0.25, 0.3) is 0 Å². The van der Waals surface area contributed by atoms with E-state index in [2.05, 4.69) is 12.0 Å². The van der Waals surface area contributed by atoms with Crippen molar-refractivity contribution in [3.8, 4) is 0 Å². The molecule has 3 nitrogen and oxygen atoms in total. The Morgan fingerprint density at radius 2 is 2.36 bits per heavy atom. The van der Waals surface area contributed by atoms with Gasteiger partial charge in [-0.3, -0.25) is 4.68 Å². The number of rotatable bonds is 4. The molecule has 1 aliphatic rings. The molecule has 1 saturated carbocycles. The van der Waals surface area contributed by atoms with Gasteiger partial charge >= 0.3 is 0 Å². The van der Waals surface area contributed by atoms with E-state index in [1.807, 2.05) is 17.9 Å².